The number of aromatic nitrogens is 1. The lowest BCUT2D eigenvalue weighted by Gasteiger charge is -2.36. The molecule has 0 radical (unpaired) electrons. The first kappa shape index (κ1) is 19.5. The Hall–Kier alpha value is -2.80. The molecule has 1 unspecified atom stereocenters. The SMILES string of the molecule is COc1ccccc1N1CCN(C(=O)c2ccc(NCC3CCCO3)nc2)CC1. The summed E-state index contributed by atoms with van der Waals surface area (Å²) in [6.07, 6.45) is 4.13. The van der Waals surface area contributed by atoms with Crippen molar-refractivity contribution in [1.29, 1.82) is 0 Å². The Labute approximate surface area is 171 Å². The fraction of sp³-hybridized carbons (Fsp3) is 0.455. The first-order valence-electron chi connectivity index (χ1n) is 10.2. The third-order valence-electron chi connectivity index (χ3n) is 5.54. The van der Waals surface area contributed by atoms with Crippen molar-refractivity contribution < 1.29 is 14.3 Å². The van der Waals surface area contributed by atoms with Gasteiger partial charge in [0.1, 0.15) is 11.6 Å². The van der Waals surface area contributed by atoms with E-state index < -0.39 is 0 Å². The van der Waals surface area contributed by atoms with Gasteiger partial charge in [0.2, 0.25) is 0 Å². The first-order chi connectivity index (χ1) is 14.2. The molecule has 7 nitrogen and oxygen atoms in total. The second-order valence-corrected chi connectivity index (χ2v) is 7.40. The van der Waals surface area contributed by atoms with Crippen molar-refractivity contribution in [1.82, 2.24) is 9.88 Å². The Morgan fingerprint density at radius 1 is 1.21 bits per heavy atom. The van der Waals surface area contributed by atoms with Crippen molar-refractivity contribution in [2.24, 2.45) is 0 Å². The van der Waals surface area contributed by atoms with Crippen molar-refractivity contribution in [3.05, 3.63) is 48.2 Å². The minimum atomic E-state index is 0.0304. The van der Waals surface area contributed by atoms with Gasteiger partial charge < -0.3 is 24.6 Å². The summed E-state index contributed by atoms with van der Waals surface area (Å²) in [4.78, 5) is 21.4. The zero-order chi connectivity index (χ0) is 20.1. The summed E-state index contributed by atoms with van der Waals surface area (Å²) in [5, 5.41) is 3.29. The van der Waals surface area contributed by atoms with Crippen LogP contribution >= 0.6 is 0 Å². The molecular formula is C22H28N4O3. The van der Waals surface area contributed by atoms with Crippen LogP contribution in [-0.2, 0) is 4.74 Å². The van der Waals surface area contributed by atoms with E-state index in [1.54, 1.807) is 13.3 Å². The zero-order valence-electron chi connectivity index (χ0n) is 16.8. The van der Waals surface area contributed by atoms with Crippen LogP contribution in [-0.4, -0.2) is 68.3 Å². The number of rotatable bonds is 6. The van der Waals surface area contributed by atoms with Crippen LogP contribution in [0.3, 0.4) is 0 Å². The van der Waals surface area contributed by atoms with Crippen LogP contribution < -0.4 is 15.0 Å². The van der Waals surface area contributed by atoms with Gasteiger partial charge >= 0.3 is 0 Å². The third-order valence-corrected chi connectivity index (χ3v) is 5.54. The van der Waals surface area contributed by atoms with Crippen LogP contribution in [0, 0.1) is 0 Å². The van der Waals surface area contributed by atoms with Crippen molar-refractivity contribution >= 4 is 17.4 Å². The highest BCUT2D eigenvalue weighted by atomic mass is 16.5. The molecular weight excluding hydrogens is 368 g/mol. The van der Waals surface area contributed by atoms with E-state index in [1.807, 2.05) is 35.2 Å². The lowest BCUT2D eigenvalue weighted by Crippen LogP contribution is -2.48. The van der Waals surface area contributed by atoms with Gasteiger partial charge in [-0.05, 0) is 37.1 Å². The minimum absolute atomic E-state index is 0.0304. The number of methoxy groups -OCH3 is 1. The number of benzene rings is 1. The van der Waals surface area contributed by atoms with Crippen LogP contribution in [0.15, 0.2) is 42.6 Å². The van der Waals surface area contributed by atoms with E-state index >= 15 is 0 Å². The lowest BCUT2D eigenvalue weighted by molar-refractivity contribution is 0.0746. The first-order valence-corrected chi connectivity index (χ1v) is 10.2. The number of piperazine rings is 1. The molecule has 29 heavy (non-hydrogen) atoms. The molecule has 3 heterocycles. The fourth-order valence-electron chi connectivity index (χ4n) is 3.87. The van der Waals surface area contributed by atoms with E-state index in [2.05, 4.69) is 21.3 Å². The maximum Gasteiger partial charge on any atom is 0.255 e. The quantitative estimate of drug-likeness (QED) is 0.810. The van der Waals surface area contributed by atoms with Gasteiger partial charge in [-0.25, -0.2) is 4.98 Å². The summed E-state index contributed by atoms with van der Waals surface area (Å²) in [5.74, 6) is 1.67. The van der Waals surface area contributed by atoms with Gasteiger partial charge in [-0.1, -0.05) is 12.1 Å². The third kappa shape index (κ3) is 4.62. The number of ether oxygens (including phenoxy) is 2. The summed E-state index contributed by atoms with van der Waals surface area (Å²) in [5.41, 5.74) is 1.70. The van der Waals surface area contributed by atoms with Crippen LogP contribution in [0.1, 0.15) is 23.2 Å². The molecule has 2 aliphatic rings. The molecule has 4 rings (SSSR count). The number of nitrogens with one attached hydrogen (secondary N) is 1. The summed E-state index contributed by atoms with van der Waals surface area (Å²) in [6.45, 7) is 4.51. The highest BCUT2D eigenvalue weighted by Crippen LogP contribution is 2.28. The lowest BCUT2D eigenvalue weighted by atomic mass is 10.2. The van der Waals surface area contributed by atoms with Gasteiger partial charge in [0.05, 0.1) is 24.5 Å². The summed E-state index contributed by atoms with van der Waals surface area (Å²) in [6, 6.07) is 11.7. The molecule has 2 aromatic rings. The fourth-order valence-corrected chi connectivity index (χ4v) is 3.87. The van der Waals surface area contributed by atoms with Gasteiger partial charge in [-0.15, -0.1) is 0 Å². The largest absolute Gasteiger partial charge is 0.495 e. The number of amides is 1. The van der Waals surface area contributed by atoms with Gasteiger partial charge in [-0.2, -0.15) is 0 Å². The molecule has 1 amide bonds. The predicted octanol–water partition coefficient (Wildman–Crippen LogP) is 2.64. The molecule has 0 spiro atoms. The molecule has 7 heteroatoms. The van der Waals surface area contributed by atoms with Crippen molar-refractivity contribution in [2.75, 3.05) is 56.7 Å². The van der Waals surface area contributed by atoms with E-state index in [0.717, 1.165) is 56.3 Å². The van der Waals surface area contributed by atoms with E-state index in [9.17, 15) is 4.79 Å². The molecule has 0 aliphatic carbocycles. The normalized spacial score (nSPS) is 19.3. The smallest absolute Gasteiger partial charge is 0.255 e. The van der Waals surface area contributed by atoms with Crippen molar-refractivity contribution in [2.45, 2.75) is 18.9 Å². The Balaban J connectivity index is 1.31. The van der Waals surface area contributed by atoms with E-state index in [-0.39, 0.29) is 12.0 Å². The number of para-hydroxylation sites is 2. The number of pyridine rings is 1. The van der Waals surface area contributed by atoms with Crippen LogP contribution in [0.5, 0.6) is 5.75 Å². The maximum absolute atomic E-state index is 12.8. The molecule has 1 aromatic heterocycles. The molecule has 2 aliphatic heterocycles. The van der Waals surface area contributed by atoms with Crippen molar-refractivity contribution in [3.8, 4) is 5.75 Å². The summed E-state index contributed by atoms with van der Waals surface area (Å²) >= 11 is 0. The number of carbonyl (C=O) groups is 1. The Morgan fingerprint density at radius 2 is 2.03 bits per heavy atom. The standard InChI is InChI=1S/C22H28N4O3/c1-28-20-7-3-2-6-19(20)25-10-12-26(13-11-25)22(27)17-8-9-21(23-15-17)24-16-18-5-4-14-29-18/h2-3,6-9,15,18H,4-5,10-14,16H2,1H3,(H,23,24). The summed E-state index contributed by atoms with van der Waals surface area (Å²) in [7, 11) is 1.69. The zero-order valence-corrected chi connectivity index (χ0v) is 16.8. The van der Waals surface area contributed by atoms with E-state index in [0.29, 0.717) is 18.7 Å². The predicted molar refractivity (Wildman–Crippen MR) is 113 cm³/mol. The number of anilines is 2. The Morgan fingerprint density at radius 3 is 2.72 bits per heavy atom. The van der Waals surface area contributed by atoms with E-state index in [4.69, 9.17) is 9.47 Å². The monoisotopic (exact) mass is 396 g/mol. The summed E-state index contributed by atoms with van der Waals surface area (Å²) < 4.78 is 11.1. The van der Waals surface area contributed by atoms with Crippen LogP contribution in [0.25, 0.3) is 0 Å². The van der Waals surface area contributed by atoms with Crippen LogP contribution in [0.4, 0.5) is 11.5 Å². The molecule has 2 saturated heterocycles. The van der Waals surface area contributed by atoms with Gasteiger partial charge in [0, 0.05) is 45.5 Å². The molecule has 0 bridgehead atoms. The highest BCUT2D eigenvalue weighted by molar-refractivity contribution is 5.94. The number of hydrogen-bond acceptors (Lipinski definition) is 6. The van der Waals surface area contributed by atoms with Gasteiger partial charge in [0.15, 0.2) is 0 Å². The van der Waals surface area contributed by atoms with Crippen molar-refractivity contribution in [3.63, 3.8) is 0 Å². The molecule has 1 N–H and O–H groups in total. The molecule has 154 valence electrons. The molecule has 1 aromatic carbocycles. The van der Waals surface area contributed by atoms with Gasteiger partial charge in [-0.3, -0.25) is 4.79 Å². The Bertz CT molecular complexity index is 813. The number of nitrogens with zero attached hydrogens (tertiary/aromatic N) is 3. The molecule has 1 atom stereocenters. The minimum Gasteiger partial charge on any atom is -0.495 e. The average Bonchev–Trinajstić information content (AvgIpc) is 3.31. The van der Waals surface area contributed by atoms with E-state index in [1.165, 1.54) is 0 Å². The van der Waals surface area contributed by atoms with Crippen LogP contribution in [0.2, 0.25) is 0 Å². The average molecular weight is 396 g/mol. The van der Waals surface area contributed by atoms with Gasteiger partial charge in [0.25, 0.3) is 5.91 Å². The Kier molecular flexibility index (Phi) is 6.14. The topological polar surface area (TPSA) is 66.9 Å². The second-order valence-electron chi connectivity index (χ2n) is 7.40. The second kappa shape index (κ2) is 9.13. The maximum atomic E-state index is 12.8. The number of hydrogen-bond donors (Lipinski definition) is 1. The molecule has 0 saturated carbocycles. The number of carbonyl (C=O) groups excluding carboxylic acids is 1. The highest BCUT2D eigenvalue weighted by Gasteiger charge is 2.24. The molecule has 2 fully saturated rings.